The number of aliphatic hydroxyl groups excluding tert-OH is 2. The zero-order chi connectivity index (χ0) is 16.5. The molecule has 21 heavy (non-hydrogen) atoms. The second kappa shape index (κ2) is 5.72. The van der Waals surface area contributed by atoms with E-state index in [0.29, 0.717) is 4.90 Å². The molecule has 1 rings (SSSR count). The first-order chi connectivity index (χ1) is 9.51. The summed E-state index contributed by atoms with van der Waals surface area (Å²) >= 11 is 0. The van der Waals surface area contributed by atoms with Crippen LogP contribution in [-0.2, 0) is 19.1 Å². The first-order valence-electron chi connectivity index (χ1n) is 6.27. The fraction of sp³-hybridized carbons (Fsp3) is 0.615. The first kappa shape index (κ1) is 17.0. The monoisotopic (exact) mass is 301 g/mol. The van der Waals surface area contributed by atoms with Gasteiger partial charge in [-0.2, -0.15) is 0 Å². The lowest BCUT2D eigenvalue weighted by Crippen LogP contribution is -2.48. The van der Waals surface area contributed by atoms with Gasteiger partial charge in [-0.05, 0) is 27.7 Å². The van der Waals surface area contributed by atoms with Crippen molar-refractivity contribution in [1.82, 2.24) is 4.90 Å². The van der Waals surface area contributed by atoms with Crippen molar-refractivity contribution >= 4 is 18.0 Å². The molecule has 0 aliphatic carbocycles. The molecule has 1 heterocycles. The molecule has 2 amide bonds. The summed E-state index contributed by atoms with van der Waals surface area (Å²) in [7, 11) is 1.03. The van der Waals surface area contributed by atoms with E-state index >= 15 is 0 Å². The summed E-state index contributed by atoms with van der Waals surface area (Å²) in [6.07, 6.45) is -2.35. The molecule has 0 fully saturated rings. The van der Waals surface area contributed by atoms with E-state index < -0.39 is 47.0 Å². The molecule has 8 heteroatoms. The van der Waals surface area contributed by atoms with E-state index in [9.17, 15) is 24.6 Å². The Kier molecular flexibility index (Phi) is 4.62. The average Bonchev–Trinajstić information content (AvgIpc) is 2.58. The van der Waals surface area contributed by atoms with E-state index in [1.165, 1.54) is 6.92 Å². The summed E-state index contributed by atoms with van der Waals surface area (Å²) in [6.45, 7) is 6.05. The van der Waals surface area contributed by atoms with Gasteiger partial charge in [0.15, 0.2) is 5.57 Å². The van der Waals surface area contributed by atoms with Crippen LogP contribution in [0, 0.1) is 0 Å². The Morgan fingerprint density at radius 2 is 1.86 bits per heavy atom. The van der Waals surface area contributed by atoms with Crippen LogP contribution in [-0.4, -0.2) is 57.9 Å². The first-order valence-corrected chi connectivity index (χ1v) is 6.27. The van der Waals surface area contributed by atoms with Gasteiger partial charge in [0.25, 0.3) is 5.91 Å². The van der Waals surface area contributed by atoms with Crippen molar-refractivity contribution in [2.45, 2.75) is 45.4 Å². The Morgan fingerprint density at radius 1 is 1.33 bits per heavy atom. The molecule has 2 atom stereocenters. The molecule has 118 valence electrons. The van der Waals surface area contributed by atoms with Crippen molar-refractivity contribution in [2.24, 2.45) is 0 Å². The lowest BCUT2D eigenvalue weighted by atomic mass is 10.1. The lowest BCUT2D eigenvalue weighted by Gasteiger charge is -2.28. The predicted octanol–water partition coefficient (Wildman–Crippen LogP) is 0.498. The van der Waals surface area contributed by atoms with Gasteiger partial charge >= 0.3 is 12.1 Å². The number of esters is 1. The van der Waals surface area contributed by atoms with Gasteiger partial charge in [-0.25, -0.2) is 14.5 Å². The Hall–Kier alpha value is -2.09. The zero-order valence-electron chi connectivity index (χ0n) is 12.5. The SMILES string of the molecule is COC(=O)C1=C(O)[C@H]([C@@H](C)O)N(C(=O)OC(C)(C)C)C1=O. The highest BCUT2D eigenvalue weighted by Crippen LogP contribution is 2.29. The minimum atomic E-state index is -1.39. The number of hydrogen-bond donors (Lipinski definition) is 2. The summed E-state index contributed by atoms with van der Waals surface area (Å²) < 4.78 is 9.44. The van der Waals surface area contributed by atoms with Crippen LogP contribution >= 0.6 is 0 Å². The van der Waals surface area contributed by atoms with Crippen molar-refractivity contribution in [3.8, 4) is 0 Å². The van der Waals surface area contributed by atoms with E-state index in [2.05, 4.69) is 4.74 Å². The smallest absolute Gasteiger partial charge is 0.418 e. The van der Waals surface area contributed by atoms with Gasteiger partial charge in [-0.15, -0.1) is 0 Å². The van der Waals surface area contributed by atoms with Crippen LogP contribution in [0.25, 0.3) is 0 Å². The minimum absolute atomic E-state index is 0.511. The van der Waals surface area contributed by atoms with Gasteiger partial charge < -0.3 is 19.7 Å². The number of rotatable bonds is 2. The zero-order valence-corrected chi connectivity index (χ0v) is 12.5. The van der Waals surface area contributed by atoms with Gasteiger partial charge in [0.05, 0.1) is 13.2 Å². The number of amides is 2. The van der Waals surface area contributed by atoms with Crippen LogP contribution in [0.4, 0.5) is 4.79 Å². The second-order valence-electron chi connectivity index (χ2n) is 5.59. The van der Waals surface area contributed by atoms with E-state index in [1.54, 1.807) is 20.8 Å². The quantitative estimate of drug-likeness (QED) is 0.564. The summed E-state index contributed by atoms with van der Waals surface area (Å²) in [4.78, 5) is 36.3. The number of ether oxygens (including phenoxy) is 2. The average molecular weight is 301 g/mol. The van der Waals surface area contributed by atoms with Gasteiger partial charge in [0, 0.05) is 0 Å². The molecule has 0 aromatic heterocycles. The summed E-state index contributed by atoms with van der Waals surface area (Å²) in [6, 6.07) is -1.39. The molecule has 1 aliphatic rings. The normalized spacial score (nSPS) is 20.6. The van der Waals surface area contributed by atoms with Crippen LogP contribution in [0.2, 0.25) is 0 Å². The highest BCUT2D eigenvalue weighted by atomic mass is 16.6. The van der Waals surface area contributed by atoms with Crippen LogP contribution < -0.4 is 0 Å². The lowest BCUT2D eigenvalue weighted by molar-refractivity contribution is -0.139. The Bertz CT molecular complexity index is 501. The van der Waals surface area contributed by atoms with Crippen molar-refractivity contribution < 1.29 is 34.1 Å². The van der Waals surface area contributed by atoms with Crippen LogP contribution in [0.3, 0.4) is 0 Å². The highest BCUT2D eigenvalue weighted by Gasteiger charge is 2.49. The van der Waals surface area contributed by atoms with E-state index in [4.69, 9.17) is 4.74 Å². The summed E-state index contributed by atoms with van der Waals surface area (Å²) in [5.41, 5.74) is -1.57. The molecule has 0 radical (unpaired) electrons. The van der Waals surface area contributed by atoms with Crippen LogP contribution in [0.1, 0.15) is 27.7 Å². The molecule has 8 nitrogen and oxygen atoms in total. The van der Waals surface area contributed by atoms with Crippen molar-refractivity contribution in [3.63, 3.8) is 0 Å². The molecule has 1 aliphatic heterocycles. The highest BCUT2D eigenvalue weighted by molar-refractivity contribution is 6.22. The Balaban J connectivity index is 3.20. The molecule has 0 unspecified atom stereocenters. The standard InChI is InChI=1S/C13H19NO7/c1-6(15)8-9(16)7(11(18)20-5)10(17)14(8)12(19)21-13(2,3)4/h6,8,15-16H,1-5H3/t6-,8+/m1/s1. The van der Waals surface area contributed by atoms with Gasteiger partial charge in [0.2, 0.25) is 0 Å². The van der Waals surface area contributed by atoms with Crippen molar-refractivity contribution in [3.05, 3.63) is 11.3 Å². The van der Waals surface area contributed by atoms with Gasteiger partial charge in [-0.3, -0.25) is 4.79 Å². The van der Waals surface area contributed by atoms with E-state index in [1.807, 2.05) is 0 Å². The molecule has 0 aromatic rings. The third-order valence-electron chi connectivity index (χ3n) is 2.68. The molecular formula is C13H19NO7. The maximum Gasteiger partial charge on any atom is 0.418 e. The largest absolute Gasteiger partial charge is 0.509 e. The fourth-order valence-electron chi connectivity index (χ4n) is 1.87. The maximum atomic E-state index is 12.2. The molecule has 2 N–H and O–H groups in total. The van der Waals surface area contributed by atoms with Gasteiger partial charge in [-0.1, -0.05) is 0 Å². The number of carbonyl (C=O) groups is 3. The third kappa shape index (κ3) is 3.33. The molecule has 0 aromatic carbocycles. The number of methoxy groups -OCH3 is 1. The number of hydrogen-bond acceptors (Lipinski definition) is 7. The topological polar surface area (TPSA) is 113 Å². The molecule has 0 saturated heterocycles. The summed E-state index contributed by atoms with van der Waals surface area (Å²) in [5.74, 6) is -2.87. The van der Waals surface area contributed by atoms with E-state index in [0.717, 1.165) is 7.11 Å². The van der Waals surface area contributed by atoms with Gasteiger partial charge in [0.1, 0.15) is 17.4 Å². The summed E-state index contributed by atoms with van der Waals surface area (Å²) in [5, 5.41) is 19.6. The Morgan fingerprint density at radius 3 is 2.24 bits per heavy atom. The van der Waals surface area contributed by atoms with E-state index in [-0.39, 0.29) is 0 Å². The van der Waals surface area contributed by atoms with Crippen LogP contribution in [0.15, 0.2) is 11.3 Å². The number of nitrogens with zero attached hydrogens (tertiary/aromatic N) is 1. The minimum Gasteiger partial charge on any atom is -0.509 e. The van der Waals surface area contributed by atoms with Crippen molar-refractivity contribution in [1.29, 1.82) is 0 Å². The molecular weight excluding hydrogens is 282 g/mol. The van der Waals surface area contributed by atoms with Crippen molar-refractivity contribution in [2.75, 3.05) is 7.11 Å². The number of aliphatic hydroxyl groups is 2. The molecule has 0 bridgehead atoms. The third-order valence-corrected chi connectivity index (χ3v) is 2.68. The Labute approximate surface area is 121 Å². The van der Waals surface area contributed by atoms with Crippen LogP contribution in [0.5, 0.6) is 0 Å². The number of carbonyl (C=O) groups excluding carboxylic acids is 3. The molecule has 0 spiro atoms. The second-order valence-corrected chi connectivity index (χ2v) is 5.59. The number of imide groups is 1. The predicted molar refractivity (Wildman–Crippen MR) is 70.2 cm³/mol. The molecule has 0 saturated carbocycles. The fourth-order valence-corrected chi connectivity index (χ4v) is 1.87. The maximum absolute atomic E-state index is 12.2.